The van der Waals surface area contributed by atoms with Gasteiger partial charge < -0.3 is 14.4 Å². The van der Waals surface area contributed by atoms with E-state index < -0.39 is 7.60 Å². The number of hydrogen-bond donors (Lipinski definition) is 2. The predicted molar refractivity (Wildman–Crippen MR) is 123 cm³/mol. The Morgan fingerprint density at radius 1 is 0.793 bits per heavy atom. The van der Waals surface area contributed by atoms with Crippen molar-refractivity contribution < 1.29 is 14.4 Å². The molecule has 0 atom stereocenters. The van der Waals surface area contributed by atoms with Crippen LogP contribution in [0.2, 0.25) is 0 Å². The van der Waals surface area contributed by atoms with Gasteiger partial charge in [0.2, 0.25) is 0 Å². The number of benzene rings is 2. The fourth-order valence-corrected chi connectivity index (χ4v) is 4.50. The van der Waals surface area contributed by atoms with E-state index >= 15 is 0 Å². The Morgan fingerprint density at radius 2 is 1.24 bits per heavy atom. The van der Waals surface area contributed by atoms with Gasteiger partial charge in [-0.15, -0.1) is 0 Å². The standard InChI is InChI=1S/C24H34NO3P/c1-23(2,3)17-9-11-21-19(15-17)20-16-18(24(4,5)6)10-12-22(20)25(21)13-7-8-14-29(26,27)28/h9-12,15-16H,7-8,13-14H2,1-6H3,(H2,26,27,28). The first kappa shape index (κ1) is 22.1. The summed E-state index contributed by atoms with van der Waals surface area (Å²) in [5.74, 6) is 0. The molecule has 2 N–H and O–H groups in total. The molecule has 0 aliphatic carbocycles. The quantitative estimate of drug-likeness (QED) is 0.377. The van der Waals surface area contributed by atoms with Crippen molar-refractivity contribution in [2.75, 3.05) is 6.16 Å². The molecule has 0 amide bonds. The van der Waals surface area contributed by atoms with Crippen molar-refractivity contribution in [3.05, 3.63) is 47.5 Å². The molecule has 0 aliphatic heterocycles. The van der Waals surface area contributed by atoms with E-state index in [4.69, 9.17) is 9.79 Å². The van der Waals surface area contributed by atoms with Crippen molar-refractivity contribution in [2.45, 2.75) is 71.8 Å². The largest absolute Gasteiger partial charge is 0.340 e. The van der Waals surface area contributed by atoms with E-state index in [2.05, 4.69) is 82.5 Å². The van der Waals surface area contributed by atoms with Crippen LogP contribution in [-0.2, 0) is 21.9 Å². The lowest BCUT2D eigenvalue weighted by Gasteiger charge is -2.19. The normalized spacial score (nSPS) is 13.5. The lowest BCUT2D eigenvalue weighted by atomic mass is 9.85. The number of aryl methyl sites for hydroxylation is 1. The molecule has 5 heteroatoms. The van der Waals surface area contributed by atoms with Crippen molar-refractivity contribution in [1.82, 2.24) is 4.57 Å². The maximum Gasteiger partial charge on any atom is 0.325 e. The van der Waals surface area contributed by atoms with E-state index in [9.17, 15) is 4.57 Å². The van der Waals surface area contributed by atoms with Crippen LogP contribution in [0.25, 0.3) is 21.8 Å². The predicted octanol–water partition coefficient (Wildman–Crippen LogP) is 6.35. The first-order chi connectivity index (χ1) is 13.3. The average molecular weight is 416 g/mol. The lowest BCUT2D eigenvalue weighted by Crippen LogP contribution is -2.10. The minimum atomic E-state index is -3.93. The molecule has 0 spiro atoms. The number of fused-ring (bicyclic) bond motifs is 3. The summed E-state index contributed by atoms with van der Waals surface area (Å²) in [7, 11) is -3.93. The second kappa shape index (κ2) is 7.58. The van der Waals surface area contributed by atoms with Gasteiger partial charge in [0.05, 0.1) is 0 Å². The Morgan fingerprint density at radius 3 is 1.62 bits per heavy atom. The summed E-state index contributed by atoms with van der Waals surface area (Å²) in [4.78, 5) is 18.3. The van der Waals surface area contributed by atoms with Crippen LogP contribution in [0.1, 0.15) is 65.5 Å². The van der Waals surface area contributed by atoms with Crippen LogP contribution < -0.4 is 0 Å². The van der Waals surface area contributed by atoms with Crippen LogP contribution in [0.4, 0.5) is 0 Å². The Labute approximate surface area is 174 Å². The minimum Gasteiger partial charge on any atom is -0.340 e. The van der Waals surface area contributed by atoms with Crippen LogP contribution in [-0.4, -0.2) is 20.5 Å². The Balaban J connectivity index is 2.12. The Kier molecular flexibility index (Phi) is 5.77. The summed E-state index contributed by atoms with van der Waals surface area (Å²) >= 11 is 0. The van der Waals surface area contributed by atoms with Gasteiger partial charge in [-0.25, -0.2) is 0 Å². The number of unbranched alkanes of at least 4 members (excludes halogenated alkanes) is 1. The molecule has 0 saturated carbocycles. The third kappa shape index (κ3) is 4.94. The van der Waals surface area contributed by atoms with Gasteiger partial charge in [0.25, 0.3) is 0 Å². The highest BCUT2D eigenvalue weighted by atomic mass is 31.2. The highest BCUT2D eigenvalue weighted by molar-refractivity contribution is 7.51. The molecular weight excluding hydrogens is 381 g/mol. The molecule has 29 heavy (non-hydrogen) atoms. The first-order valence-electron chi connectivity index (χ1n) is 10.4. The monoisotopic (exact) mass is 415 g/mol. The molecule has 3 rings (SSSR count). The van der Waals surface area contributed by atoms with Gasteiger partial charge in [-0.3, -0.25) is 4.57 Å². The van der Waals surface area contributed by atoms with Gasteiger partial charge in [0.15, 0.2) is 0 Å². The smallest absolute Gasteiger partial charge is 0.325 e. The first-order valence-corrected chi connectivity index (χ1v) is 12.2. The van der Waals surface area contributed by atoms with E-state index in [1.807, 2.05) is 0 Å². The molecule has 4 nitrogen and oxygen atoms in total. The van der Waals surface area contributed by atoms with Crippen LogP contribution in [0.5, 0.6) is 0 Å². The van der Waals surface area contributed by atoms with Crippen molar-refractivity contribution in [3.8, 4) is 0 Å². The van der Waals surface area contributed by atoms with Crippen molar-refractivity contribution in [2.24, 2.45) is 0 Å². The van der Waals surface area contributed by atoms with E-state index in [0.717, 1.165) is 13.0 Å². The van der Waals surface area contributed by atoms with Gasteiger partial charge in [-0.05, 0) is 59.1 Å². The highest BCUT2D eigenvalue weighted by Crippen LogP contribution is 2.37. The van der Waals surface area contributed by atoms with Gasteiger partial charge in [-0.2, -0.15) is 0 Å². The average Bonchev–Trinajstić information content (AvgIpc) is 2.89. The van der Waals surface area contributed by atoms with Gasteiger partial charge >= 0.3 is 7.60 Å². The zero-order valence-corrected chi connectivity index (χ0v) is 19.4. The number of nitrogens with zero attached hydrogens (tertiary/aromatic N) is 1. The molecule has 1 aromatic heterocycles. The van der Waals surface area contributed by atoms with Gasteiger partial charge in [0, 0.05) is 34.5 Å². The van der Waals surface area contributed by atoms with E-state index in [1.165, 1.54) is 32.9 Å². The highest BCUT2D eigenvalue weighted by Gasteiger charge is 2.20. The fourth-order valence-electron chi connectivity index (χ4n) is 3.87. The summed E-state index contributed by atoms with van der Waals surface area (Å²) < 4.78 is 13.5. The van der Waals surface area contributed by atoms with Gasteiger partial charge in [-0.1, -0.05) is 53.7 Å². The molecule has 158 valence electrons. The third-order valence-electron chi connectivity index (χ3n) is 5.68. The molecule has 0 unspecified atom stereocenters. The Hall–Kier alpha value is -1.61. The SMILES string of the molecule is CC(C)(C)c1ccc2c(c1)c1cc(C(C)(C)C)ccc1n2CCCCP(=O)(O)O. The maximum absolute atomic E-state index is 11.2. The lowest BCUT2D eigenvalue weighted by molar-refractivity contribution is 0.370. The Bertz CT molecular complexity index is 1010. The number of aromatic nitrogens is 1. The summed E-state index contributed by atoms with van der Waals surface area (Å²) in [6.45, 7) is 14.1. The van der Waals surface area contributed by atoms with Crippen molar-refractivity contribution in [1.29, 1.82) is 0 Å². The summed E-state index contributed by atoms with van der Waals surface area (Å²) in [5.41, 5.74) is 5.16. The topological polar surface area (TPSA) is 62.5 Å². The molecule has 0 radical (unpaired) electrons. The van der Waals surface area contributed by atoms with Gasteiger partial charge in [0.1, 0.15) is 0 Å². The second-order valence-corrected chi connectivity index (χ2v) is 12.0. The zero-order valence-electron chi connectivity index (χ0n) is 18.5. The molecule has 2 aromatic carbocycles. The van der Waals surface area contributed by atoms with Crippen LogP contribution in [0.3, 0.4) is 0 Å². The summed E-state index contributed by atoms with van der Waals surface area (Å²) in [6.07, 6.45) is 1.21. The van der Waals surface area contributed by atoms with E-state index in [0.29, 0.717) is 6.42 Å². The molecule has 0 saturated heterocycles. The molecule has 0 fully saturated rings. The molecule has 1 heterocycles. The third-order valence-corrected chi connectivity index (χ3v) is 6.58. The van der Waals surface area contributed by atoms with E-state index in [1.54, 1.807) is 0 Å². The van der Waals surface area contributed by atoms with Crippen molar-refractivity contribution in [3.63, 3.8) is 0 Å². The molecule has 0 aliphatic rings. The minimum absolute atomic E-state index is 0.0491. The van der Waals surface area contributed by atoms with Crippen LogP contribution >= 0.6 is 7.60 Å². The van der Waals surface area contributed by atoms with Crippen LogP contribution in [0, 0.1) is 0 Å². The fraction of sp³-hybridized carbons (Fsp3) is 0.500. The summed E-state index contributed by atoms with van der Waals surface area (Å²) in [6, 6.07) is 13.5. The second-order valence-electron chi connectivity index (χ2n) is 10.2. The van der Waals surface area contributed by atoms with Crippen LogP contribution in [0.15, 0.2) is 36.4 Å². The molecule has 3 aromatic rings. The number of hydrogen-bond acceptors (Lipinski definition) is 1. The van der Waals surface area contributed by atoms with E-state index in [-0.39, 0.29) is 17.0 Å². The maximum atomic E-state index is 11.2. The zero-order chi connectivity index (χ0) is 21.6. The van der Waals surface area contributed by atoms with Crippen molar-refractivity contribution >= 4 is 29.4 Å². The molecule has 0 bridgehead atoms. The number of rotatable bonds is 5. The molecular formula is C24H34NO3P. The summed E-state index contributed by atoms with van der Waals surface area (Å²) in [5, 5.41) is 2.52.